The summed E-state index contributed by atoms with van der Waals surface area (Å²) < 4.78 is 5.36. The van der Waals surface area contributed by atoms with E-state index < -0.39 is 5.60 Å². The van der Waals surface area contributed by atoms with Crippen molar-refractivity contribution in [3.8, 4) is 5.75 Å². The molecule has 0 bridgehead atoms. The van der Waals surface area contributed by atoms with Crippen molar-refractivity contribution in [2.75, 3.05) is 27.7 Å². The van der Waals surface area contributed by atoms with Gasteiger partial charge >= 0.3 is 0 Å². The van der Waals surface area contributed by atoms with E-state index in [0.717, 1.165) is 48.3 Å². The lowest BCUT2D eigenvalue weighted by atomic mass is 9.67. The molecule has 1 aliphatic carbocycles. The molecular formula is C23H29NO2. The van der Waals surface area contributed by atoms with Crippen LogP contribution in [0.5, 0.6) is 5.75 Å². The van der Waals surface area contributed by atoms with Crippen LogP contribution in [0.2, 0.25) is 0 Å². The highest BCUT2D eigenvalue weighted by Gasteiger charge is 2.43. The molecule has 3 heteroatoms. The van der Waals surface area contributed by atoms with Gasteiger partial charge in [0.25, 0.3) is 0 Å². The summed E-state index contributed by atoms with van der Waals surface area (Å²) in [4.78, 5) is 2.17. The Balaban J connectivity index is 2.07. The predicted octanol–water partition coefficient (Wildman–Crippen LogP) is 4.33. The second kappa shape index (κ2) is 8.07. The number of nitrogens with zero attached hydrogens (tertiary/aromatic N) is 1. The van der Waals surface area contributed by atoms with Crippen molar-refractivity contribution in [2.24, 2.45) is 5.92 Å². The van der Waals surface area contributed by atoms with Gasteiger partial charge in [-0.3, -0.25) is 0 Å². The van der Waals surface area contributed by atoms with E-state index in [1.54, 1.807) is 7.11 Å². The third-order valence-electron chi connectivity index (χ3n) is 5.31. The van der Waals surface area contributed by atoms with Crippen molar-refractivity contribution >= 4 is 6.08 Å². The van der Waals surface area contributed by atoms with Gasteiger partial charge in [-0.1, -0.05) is 48.5 Å². The SMILES string of the molecule is COc1cccc(/C=C2\CCCC(CN(C)C)C2(O)c2ccccc2)c1. The fourth-order valence-electron chi connectivity index (χ4n) is 4.09. The number of rotatable bonds is 5. The molecule has 0 aromatic heterocycles. The van der Waals surface area contributed by atoms with Crippen LogP contribution in [0.1, 0.15) is 30.4 Å². The average molecular weight is 351 g/mol. The molecule has 1 fully saturated rings. The molecule has 1 N–H and O–H groups in total. The molecule has 0 radical (unpaired) electrons. The molecule has 26 heavy (non-hydrogen) atoms. The maximum atomic E-state index is 12.0. The Morgan fingerprint density at radius 1 is 1.15 bits per heavy atom. The van der Waals surface area contributed by atoms with E-state index in [0.29, 0.717) is 0 Å². The summed E-state index contributed by atoms with van der Waals surface area (Å²) in [6, 6.07) is 18.1. The fraction of sp³-hybridized carbons (Fsp3) is 0.391. The van der Waals surface area contributed by atoms with Crippen LogP contribution >= 0.6 is 0 Å². The zero-order chi connectivity index (χ0) is 18.6. The minimum Gasteiger partial charge on any atom is -0.497 e. The molecule has 2 unspecified atom stereocenters. The van der Waals surface area contributed by atoms with E-state index in [2.05, 4.69) is 31.1 Å². The van der Waals surface area contributed by atoms with Gasteiger partial charge in [0.2, 0.25) is 0 Å². The van der Waals surface area contributed by atoms with Crippen molar-refractivity contribution in [2.45, 2.75) is 24.9 Å². The summed E-state index contributed by atoms with van der Waals surface area (Å²) in [6.45, 7) is 0.862. The summed E-state index contributed by atoms with van der Waals surface area (Å²) >= 11 is 0. The molecule has 3 rings (SSSR count). The molecule has 0 amide bonds. The summed E-state index contributed by atoms with van der Waals surface area (Å²) in [5.74, 6) is 1.01. The molecule has 0 saturated heterocycles. The van der Waals surface area contributed by atoms with Crippen molar-refractivity contribution in [3.05, 3.63) is 71.3 Å². The highest BCUT2D eigenvalue weighted by molar-refractivity contribution is 5.58. The topological polar surface area (TPSA) is 32.7 Å². The van der Waals surface area contributed by atoms with Crippen LogP contribution in [0.25, 0.3) is 6.08 Å². The maximum Gasteiger partial charge on any atom is 0.119 e. The van der Waals surface area contributed by atoms with Crippen LogP contribution in [0, 0.1) is 5.92 Å². The van der Waals surface area contributed by atoms with Crippen LogP contribution in [-0.4, -0.2) is 37.8 Å². The quantitative estimate of drug-likeness (QED) is 0.870. The first-order valence-corrected chi connectivity index (χ1v) is 9.31. The molecule has 3 nitrogen and oxygen atoms in total. The summed E-state index contributed by atoms with van der Waals surface area (Å²) in [6.07, 6.45) is 5.19. The number of benzene rings is 2. The molecule has 2 aromatic carbocycles. The van der Waals surface area contributed by atoms with Crippen LogP contribution in [-0.2, 0) is 5.60 Å². The Labute approximate surface area is 156 Å². The smallest absolute Gasteiger partial charge is 0.119 e. The molecule has 0 aliphatic heterocycles. The van der Waals surface area contributed by atoms with Gasteiger partial charge in [-0.25, -0.2) is 0 Å². The van der Waals surface area contributed by atoms with E-state index in [4.69, 9.17) is 4.74 Å². The minimum absolute atomic E-state index is 0.172. The van der Waals surface area contributed by atoms with Crippen molar-refractivity contribution in [1.82, 2.24) is 4.90 Å². The fourth-order valence-corrected chi connectivity index (χ4v) is 4.09. The Bertz CT molecular complexity index is 754. The molecule has 1 saturated carbocycles. The summed E-state index contributed by atoms with van der Waals surface area (Å²) in [7, 11) is 5.83. The van der Waals surface area contributed by atoms with Crippen LogP contribution < -0.4 is 4.74 Å². The first-order chi connectivity index (χ1) is 12.5. The highest BCUT2D eigenvalue weighted by atomic mass is 16.5. The number of methoxy groups -OCH3 is 1. The van der Waals surface area contributed by atoms with Gasteiger partial charge in [-0.2, -0.15) is 0 Å². The number of ether oxygens (including phenoxy) is 1. The molecule has 2 aromatic rings. The maximum absolute atomic E-state index is 12.0. The Morgan fingerprint density at radius 2 is 1.92 bits per heavy atom. The van der Waals surface area contributed by atoms with Gasteiger partial charge in [0.15, 0.2) is 0 Å². The van der Waals surface area contributed by atoms with Gasteiger partial charge in [0.1, 0.15) is 11.4 Å². The lowest BCUT2D eigenvalue weighted by Crippen LogP contribution is -2.44. The lowest BCUT2D eigenvalue weighted by molar-refractivity contribution is -0.0174. The zero-order valence-corrected chi connectivity index (χ0v) is 16.0. The van der Waals surface area contributed by atoms with E-state index in [-0.39, 0.29) is 5.92 Å². The van der Waals surface area contributed by atoms with E-state index >= 15 is 0 Å². The van der Waals surface area contributed by atoms with Crippen molar-refractivity contribution < 1.29 is 9.84 Å². The van der Waals surface area contributed by atoms with Crippen molar-refractivity contribution in [3.63, 3.8) is 0 Å². The number of aliphatic hydroxyl groups is 1. The molecular weight excluding hydrogens is 322 g/mol. The van der Waals surface area contributed by atoms with Crippen LogP contribution in [0.15, 0.2) is 60.2 Å². The first kappa shape index (κ1) is 18.7. The molecule has 1 aliphatic rings. The van der Waals surface area contributed by atoms with E-state index in [9.17, 15) is 5.11 Å². The predicted molar refractivity (Wildman–Crippen MR) is 107 cm³/mol. The molecule has 138 valence electrons. The first-order valence-electron chi connectivity index (χ1n) is 9.31. The summed E-state index contributed by atoms with van der Waals surface area (Å²) in [5, 5.41) is 12.0. The zero-order valence-electron chi connectivity index (χ0n) is 16.0. The number of hydrogen-bond acceptors (Lipinski definition) is 3. The Hall–Kier alpha value is -2.10. The van der Waals surface area contributed by atoms with Crippen molar-refractivity contribution in [1.29, 1.82) is 0 Å². The average Bonchev–Trinajstić information content (AvgIpc) is 2.65. The standard InChI is InChI=1S/C23H29NO2/c1-24(2)17-21-13-8-12-20(15-18-9-7-14-22(16-18)26-3)23(21,25)19-10-5-4-6-11-19/h4-7,9-11,14-16,21,25H,8,12-13,17H2,1-3H3/b20-15+. The second-order valence-corrected chi connectivity index (χ2v) is 7.43. The normalized spacial score (nSPS) is 24.8. The van der Waals surface area contributed by atoms with Crippen LogP contribution in [0.4, 0.5) is 0 Å². The lowest BCUT2D eigenvalue weighted by Gasteiger charge is -2.44. The van der Waals surface area contributed by atoms with Gasteiger partial charge in [0.05, 0.1) is 7.11 Å². The van der Waals surface area contributed by atoms with Crippen LogP contribution in [0.3, 0.4) is 0 Å². The molecule has 0 spiro atoms. The van der Waals surface area contributed by atoms with Gasteiger partial charge in [0, 0.05) is 12.5 Å². The largest absolute Gasteiger partial charge is 0.497 e. The second-order valence-electron chi connectivity index (χ2n) is 7.43. The number of hydrogen-bond donors (Lipinski definition) is 1. The molecule has 2 atom stereocenters. The summed E-state index contributed by atoms with van der Waals surface area (Å²) in [5.41, 5.74) is 2.21. The third-order valence-corrected chi connectivity index (χ3v) is 5.31. The minimum atomic E-state index is -0.938. The van der Waals surface area contributed by atoms with Gasteiger partial charge in [-0.05, 0) is 62.2 Å². The highest BCUT2D eigenvalue weighted by Crippen LogP contribution is 2.46. The third kappa shape index (κ3) is 3.84. The van der Waals surface area contributed by atoms with Gasteiger partial charge < -0.3 is 14.7 Å². The van der Waals surface area contributed by atoms with E-state index in [1.165, 1.54) is 0 Å². The van der Waals surface area contributed by atoms with Gasteiger partial charge in [-0.15, -0.1) is 0 Å². The molecule has 0 heterocycles. The Kier molecular flexibility index (Phi) is 5.80. The Morgan fingerprint density at radius 3 is 2.62 bits per heavy atom. The van der Waals surface area contributed by atoms with E-state index in [1.807, 2.05) is 48.5 Å². The monoisotopic (exact) mass is 351 g/mol.